The Morgan fingerprint density at radius 2 is 2.00 bits per heavy atom. The Kier molecular flexibility index (Phi) is 2.65. The van der Waals surface area contributed by atoms with Gasteiger partial charge >= 0.3 is 6.09 Å². The standard InChI is InChI=1S/C12H21NO3/c1-7(2)8(3)10-9-6-15-12(4,5)13(9)11(14)16-10/h7-10H,6H2,1-5H3/t8-,9+,10-/m1/s1. The number of rotatable bonds is 2. The van der Waals surface area contributed by atoms with Gasteiger partial charge in [0.05, 0.1) is 12.6 Å². The predicted octanol–water partition coefficient (Wildman–Crippen LogP) is 2.23. The first-order valence-electron chi connectivity index (χ1n) is 5.98. The van der Waals surface area contributed by atoms with Crippen molar-refractivity contribution in [3.05, 3.63) is 0 Å². The van der Waals surface area contributed by atoms with E-state index in [4.69, 9.17) is 9.47 Å². The molecule has 2 aliphatic heterocycles. The van der Waals surface area contributed by atoms with Gasteiger partial charge in [0.2, 0.25) is 0 Å². The van der Waals surface area contributed by atoms with Crippen molar-refractivity contribution in [2.75, 3.05) is 6.61 Å². The lowest BCUT2D eigenvalue weighted by atomic mass is 9.88. The van der Waals surface area contributed by atoms with Crippen molar-refractivity contribution in [1.29, 1.82) is 0 Å². The lowest BCUT2D eigenvalue weighted by molar-refractivity contribution is -0.0403. The molecule has 0 aromatic rings. The lowest BCUT2D eigenvalue weighted by Gasteiger charge is -2.27. The zero-order valence-electron chi connectivity index (χ0n) is 10.7. The smallest absolute Gasteiger partial charge is 0.412 e. The largest absolute Gasteiger partial charge is 0.443 e. The molecule has 16 heavy (non-hydrogen) atoms. The minimum atomic E-state index is -0.521. The number of hydrogen-bond donors (Lipinski definition) is 0. The van der Waals surface area contributed by atoms with Crippen LogP contribution in [-0.4, -0.2) is 35.5 Å². The van der Waals surface area contributed by atoms with Crippen LogP contribution in [0.25, 0.3) is 0 Å². The number of cyclic esters (lactones) is 1. The first-order valence-corrected chi connectivity index (χ1v) is 5.98. The van der Waals surface area contributed by atoms with Gasteiger partial charge in [-0.15, -0.1) is 0 Å². The van der Waals surface area contributed by atoms with Crippen LogP contribution in [0.3, 0.4) is 0 Å². The van der Waals surface area contributed by atoms with Crippen LogP contribution in [0.5, 0.6) is 0 Å². The van der Waals surface area contributed by atoms with Crippen molar-refractivity contribution in [3.63, 3.8) is 0 Å². The van der Waals surface area contributed by atoms with Gasteiger partial charge in [0.15, 0.2) is 0 Å². The maximum atomic E-state index is 11.8. The molecule has 3 atom stereocenters. The maximum absolute atomic E-state index is 11.8. The minimum Gasteiger partial charge on any atom is -0.443 e. The normalized spacial score (nSPS) is 34.1. The van der Waals surface area contributed by atoms with Crippen LogP contribution >= 0.6 is 0 Å². The molecule has 0 aliphatic carbocycles. The number of carbonyl (C=O) groups is 1. The van der Waals surface area contributed by atoms with Gasteiger partial charge in [0.25, 0.3) is 0 Å². The molecule has 0 aromatic heterocycles. The highest BCUT2D eigenvalue weighted by atomic mass is 16.6. The van der Waals surface area contributed by atoms with Crippen molar-refractivity contribution in [2.45, 2.75) is 52.5 Å². The topological polar surface area (TPSA) is 38.8 Å². The van der Waals surface area contributed by atoms with Crippen LogP contribution in [-0.2, 0) is 9.47 Å². The highest BCUT2D eigenvalue weighted by Gasteiger charge is 2.55. The molecule has 0 spiro atoms. The van der Waals surface area contributed by atoms with E-state index in [-0.39, 0.29) is 18.2 Å². The summed E-state index contributed by atoms with van der Waals surface area (Å²) >= 11 is 0. The maximum Gasteiger partial charge on any atom is 0.412 e. The number of hydrogen-bond acceptors (Lipinski definition) is 3. The number of nitrogens with zero attached hydrogens (tertiary/aromatic N) is 1. The third-order valence-corrected chi connectivity index (χ3v) is 3.90. The second-order valence-electron chi connectivity index (χ2n) is 5.65. The third kappa shape index (κ3) is 1.59. The van der Waals surface area contributed by atoms with E-state index in [1.165, 1.54) is 0 Å². The average Bonchev–Trinajstić information content (AvgIpc) is 2.66. The lowest BCUT2D eigenvalue weighted by Crippen LogP contribution is -2.45. The van der Waals surface area contributed by atoms with Crippen LogP contribution in [0, 0.1) is 11.8 Å². The fourth-order valence-electron chi connectivity index (χ4n) is 2.52. The van der Waals surface area contributed by atoms with Gasteiger partial charge in [0.1, 0.15) is 11.8 Å². The Morgan fingerprint density at radius 3 is 2.56 bits per heavy atom. The molecule has 0 radical (unpaired) electrons. The van der Waals surface area contributed by atoms with E-state index >= 15 is 0 Å². The molecule has 0 aromatic carbocycles. The summed E-state index contributed by atoms with van der Waals surface area (Å²) in [4.78, 5) is 13.6. The average molecular weight is 227 g/mol. The summed E-state index contributed by atoms with van der Waals surface area (Å²) in [5, 5.41) is 0. The molecule has 4 nitrogen and oxygen atoms in total. The SMILES string of the molecule is CC(C)[C@@H](C)[C@H]1OC(=O)N2[C@H]1COC2(C)C. The second kappa shape index (κ2) is 3.62. The Hall–Kier alpha value is -0.770. The molecule has 2 saturated heterocycles. The second-order valence-corrected chi connectivity index (χ2v) is 5.65. The Balaban J connectivity index is 2.20. The first kappa shape index (κ1) is 11.7. The molecule has 1 amide bonds. The Bertz CT molecular complexity index is 301. The zero-order valence-corrected chi connectivity index (χ0v) is 10.7. The molecular weight excluding hydrogens is 206 g/mol. The van der Waals surface area contributed by atoms with Crippen molar-refractivity contribution in [2.24, 2.45) is 11.8 Å². The summed E-state index contributed by atoms with van der Waals surface area (Å²) in [6.07, 6.45) is -0.265. The number of carbonyl (C=O) groups excluding carboxylic acids is 1. The molecule has 4 heteroatoms. The van der Waals surface area contributed by atoms with Crippen LogP contribution in [0.1, 0.15) is 34.6 Å². The minimum absolute atomic E-state index is 0.0331. The molecule has 0 bridgehead atoms. The van der Waals surface area contributed by atoms with Crippen LogP contribution < -0.4 is 0 Å². The van der Waals surface area contributed by atoms with Crippen molar-refractivity contribution >= 4 is 6.09 Å². The molecule has 92 valence electrons. The summed E-state index contributed by atoms with van der Waals surface area (Å²) in [6.45, 7) is 10.9. The van der Waals surface area contributed by atoms with Gasteiger partial charge in [-0.3, -0.25) is 4.90 Å². The van der Waals surface area contributed by atoms with Crippen molar-refractivity contribution < 1.29 is 14.3 Å². The summed E-state index contributed by atoms with van der Waals surface area (Å²) in [7, 11) is 0. The molecule has 0 N–H and O–H groups in total. The van der Waals surface area contributed by atoms with E-state index < -0.39 is 5.72 Å². The molecule has 0 saturated carbocycles. The van der Waals surface area contributed by atoms with Crippen LogP contribution in [0.2, 0.25) is 0 Å². The molecule has 2 heterocycles. The highest BCUT2D eigenvalue weighted by Crippen LogP contribution is 2.39. The quantitative estimate of drug-likeness (QED) is 0.726. The van der Waals surface area contributed by atoms with E-state index in [2.05, 4.69) is 20.8 Å². The van der Waals surface area contributed by atoms with E-state index in [9.17, 15) is 4.79 Å². The summed E-state index contributed by atoms with van der Waals surface area (Å²) < 4.78 is 11.2. The molecule has 2 fully saturated rings. The van der Waals surface area contributed by atoms with E-state index in [0.29, 0.717) is 18.4 Å². The van der Waals surface area contributed by atoms with Gasteiger partial charge in [-0.2, -0.15) is 0 Å². The zero-order chi connectivity index (χ0) is 12.1. The third-order valence-electron chi connectivity index (χ3n) is 3.90. The summed E-state index contributed by atoms with van der Waals surface area (Å²) in [5.41, 5.74) is -0.521. The van der Waals surface area contributed by atoms with Crippen LogP contribution in [0.15, 0.2) is 0 Å². The Labute approximate surface area is 96.9 Å². The molecule has 2 aliphatic rings. The predicted molar refractivity (Wildman–Crippen MR) is 59.9 cm³/mol. The first-order chi connectivity index (χ1) is 7.34. The van der Waals surface area contributed by atoms with Gasteiger partial charge in [0, 0.05) is 0 Å². The van der Waals surface area contributed by atoms with Gasteiger partial charge in [-0.25, -0.2) is 4.79 Å². The summed E-state index contributed by atoms with van der Waals surface area (Å²) in [5.74, 6) is 0.859. The van der Waals surface area contributed by atoms with Crippen molar-refractivity contribution in [1.82, 2.24) is 4.90 Å². The van der Waals surface area contributed by atoms with E-state index in [1.54, 1.807) is 4.90 Å². The Morgan fingerprint density at radius 1 is 1.38 bits per heavy atom. The monoisotopic (exact) mass is 227 g/mol. The fourth-order valence-corrected chi connectivity index (χ4v) is 2.52. The molecule has 0 unspecified atom stereocenters. The van der Waals surface area contributed by atoms with Gasteiger partial charge < -0.3 is 9.47 Å². The molecule has 2 rings (SSSR count). The number of amides is 1. The van der Waals surface area contributed by atoms with Gasteiger partial charge in [-0.1, -0.05) is 20.8 Å². The van der Waals surface area contributed by atoms with Crippen LogP contribution in [0.4, 0.5) is 4.79 Å². The number of ether oxygens (including phenoxy) is 2. The summed E-state index contributed by atoms with van der Waals surface area (Å²) in [6, 6.07) is 0.0832. The van der Waals surface area contributed by atoms with Crippen molar-refractivity contribution in [3.8, 4) is 0 Å². The van der Waals surface area contributed by atoms with E-state index in [0.717, 1.165) is 0 Å². The number of fused-ring (bicyclic) bond motifs is 1. The molecular formula is C12H21NO3. The van der Waals surface area contributed by atoms with E-state index in [1.807, 2.05) is 13.8 Å². The highest BCUT2D eigenvalue weighted by molar-refractivity contribution is 5.72. The van der Waals surface area contributed by atoms with Gasteiger partial charge in [-0.05, 0) is 25.7 Å². The fraction of sp³-hybridized carbons (Fsp3) is 0.917.